The van der Waals surface area contributed by atoms with Crippen molar-refractivity contribution in [3.63, 3.8) is 0 Å². The van der Waals surface area contributed by atoms with Gasteiger partial charge in [-0.3, -0.25) is 5.41 Å². The van der Waals surface area contributed by atoms with Crippen molar-refractivity contribution in [3.05, 3.63) is 29.8 Å². The molecule has 0 saturated heterocycles. The molecule has 0 radical (unpaired) electrons. The molecule has 2 rings (SSSR count). The quantitative estimate of drug-likeness (QED) is 0.474. The summed E-state index contributed by atoms with van der Waals surface area (Å²) in [4.78, 5) is 0. The van der Waals surface area contributed by atoms with Gasteiger partial charge in [0.25, 0.3) is 0 Å². The highest BCUT2D eigenvalue weighted by Gasteiger charge is 2.28. The third-order valence-electron chi connectivity index (χ3n) is 3.48. The Morgan fingerprint density at radius 3 is 2.59 bits per heavy atom. The van der Waals surface area contributed by atoms with Crippen LogP contribution >= 0.6 is 0 Å². The van der Waals surface area contributed by atoms with Gasteiger partial charge in [0, 0.05) is 24.7 Å². The average molecular weight is 232 g/mol. The summed E-state index contributed by atoms with van der Waals surface area (Å²) < 4.78 is 0. The Labute approximate surface area is 102 Å². The highest BCUT2D eigenvalue weighted by Crippen LogP contribution is 2.34. The number of benzene rings is 1. The lowest BCUT2D eigenvalue weighted by atomic mass is 9.94. The minimum atomic E-state index is 0.0775. The molecule has 0 aliphatic heterocycles. The lowest BCUT2D eigenvalue weighted by molar-refractivity contribution is 0.556. The molecule has 0 spiro atoms. The van der Waals surface area contributed by atoms with Gasteiger partial charge in [-0.05, 0) is 30.5 Å². The van der Waals surface area contributed by atoms with Crippen molar-refractivity contribution in [2.75, 3.05) is 12.4 Å². The van der Waals surface area contributed by atoms with Crippen LogP contribution in [0.25, 0.3) is 0 Å². The van der Waals surface area contributed by atoms with Crippen molar-refractivity contribution in [1.29, 1.82) is 5.41 Å². The van der Waals surface area contributed by atoms with Crippen LogP contribution < -0.4 is 16.4 Å². The fraction of sp³-hybridized carbons (Fsp3) is 0.462. The Bertz CT molecular complexity index is 385. The molecule has 2 atom stereocenters. The number of rotatable bonds is 3. The summed E-state index contributed by atoms with van der Waals surface area (Å²) in [5.41, 5.74) is 7.88. The van der Waals surface area contributed by atoms with Crippen LogP contribution in [-0.2, 0) is 0 Å². The van der Waals surface area contributed by atoms with Crippen molar-refractivity contribution >= 4 is 11.6 Å². The SMILES string of the molecule is CNc1ccc(C2CCCC2NC(=N)N)cc1. The first kappa shape index (κ1) is 11.8. The van der Waals surface area contributed by atoms with Gasteiger partial charge in [0.1, 0.15) is 0 Å². The van der Waals surface area contributed by atoms with E-state index < -0.39 is 0 Å². The van der Waals surface area contributed by atoms with Gasteiger partial charge in [-0.1, -0.05) is 18.6 Å². The zero-order valence-electron chi connectivity index (χ0n) is 10.2. The first-order valence-corrected chi connectivity index (χ1v) is 6.09. The van der Waals surface area contributed by atoms with Crippen LogP contribution in [0.4, 0.5) is 5.69 Å². The van der Waals surface area contributed by atoms with Gasteiger partial charge in [-0.2, -0.15) is 0 Å². The number of nitrogens with one attached hydrogen (secondary N) is 3. The highest BCUT2D eigenvalue weighted by atomic mass is 15.1. The molecule has 92 valence electrons. The van der Waals surface area contributed by atoms with Gasteiger partial charge >= 0.3 is 0 Å². The molecule has 17 heavy (non-hydrogen) atoms. The summed E-state index contributed by atoms with van der Waals surface area (Å²) in [7, 11) is 1.92. The van der Waals surface area contributed by atoms with Crippen LogP contribution in [0.2, 0.25) is 0 Å². The van der Waals surface area contributed by atoms with Crippen LogP contribution in [0.1, 0.15) is 30.7 Å². The average Bonchev–Trinajstić information content (AvgIpc) is 2.76. The Morgan fingerprint density at radius 1 is 1.29 bits per heavy atom. The van der Waals surface area contributed by atoms with Gasteiger partial charge in [0.2, 0.25) is 0 Å². The third-order valence-corrected chi connectivity index (χ3v) is 3.48. The molecular weight excluding hydrogens is 212 g/mol. The van der Waals surface area contributed by atoms with Crippen LogP contribution in [-0.4, -0.2) is 19.0 Å². The van der Waals surface area contributed by atoms with E-state index in [9.17, 15) is 0 Å². The first-order valence-electron chi connectivity index (χ1n) is 6.09. The first-order chi connectivity index (χ1) is 8.20. The maximum absolute atomic E-state index is 7.33. The molecular formula is C13H20N4. The van der Waals surface area contributed by atoms with Crippen LogP contribution in [0, 0.1) is 5.41 Å². The number of nitrogens with two attached hydrogens (primary N) is 1. The van der Waals surface area contributed by atoms with E-state index in [1.165, 1.54) is 18.4 Å². The number of hydrogen-bond donors (Lipinski definition) is 4. The fourth-order valence-corrected chi connectivity index (χ4v) is 2.63. The van der Waals surface area contributed by atoms with E-state index in [0.717, 1.165) is 12.1 Å². The Balaban J connectivity index is 2.11. The van der Waals surface area contributed by atoms with Gasteiger partial charge in [-0.25, -0.2) is 0 Å². The maximum atomic E-state index is 7.33. The molecule has 5 N–H and O–H groups in total. The number of hydrogen-bond acceptors (Lipinski definition) is 2. The predicted molar refractivity (Wildman–Crippen MR) is 71.4 cm³/mol. The summed E-state index contributed by atoms with van der Waals surface area (Å²) in [6.45, 7) is 0. The standard InChI is InChI=1S/C13H20N4/c1-16-10-7-5-9(6-8-10)11-3-2-4-12(11)17-13(14)15/h5-8,11-12,16H,2-4H2,1H3,(H4,14,15,17). The Hall–Kier alpha value is -1.71. The number of anilines is 1. The molecule has 0 heterocycles. The van der Waals surface area contributed by atoms with Crippen molar-refractivity contribution < 1.29 is 0 Å². The second-order valence-corrected chi connectivity index (χ2v) is 4.57. The summed E-state index contributed by atoms with van der Waals surface area (Å²) in [6.07, 6.45) is 3.46. The monoisotopic (exact) mass is 232 g/mol. The normalized spacial score (nSPS) is 23.4. The summed E-state index contributed by atoms with van der Waals surface area (Å²) in [5.74, 6) is 0.554. The Morgan fingerprint density at radius 2 is 2.00 bits per heavy atom. The minimum Gasteiger partial charge on any atom is -0.388 e. The van der Waals surface area contributed by atoms with Crippen LogP contribution in [0.3, 0.4) is 0 Å². The molecule has 1 aromatic carbocycles. The summed E-state index contributed by atoms with van der Waals surface area (Å²) in [6, 6.07) is 8.83. The zero-order valence-corrected chi connectivity index (χ0v) is 10.2. The van der Waals surface area contributed by atoms with Crippen molar-refractivity contribution in [2.24, 2.45) is 5.73 Å². The topological polar surface area (TPSA) is 73.9 Å². The van der Waals surface area contributed by atoms with E-state index in [-0.39, 0.29) is 5.96 Å². The van der Waals surface area contributed by atoms with Crippen molar-refractivity contribution in [1.82, 2.24) is 5.32 Å². The molecule has 1 aliphatic rings. The van der Waals surface area contributed by atoms with Gasteiger partial charge in [0.15, 0.2) is 5.96 Å². The maximum Gasteiger partial charge on any atom is 0.185 e. The van der Waals surface area contributed by atoms with E-state index in [1.54, 1.807) is 0 Å². The molecule has 4 nitrogen and oxygen atoms in total. The highest BCUT2D eigenvalue weighted by molar-refractivity contribution is 5.74. The fourth-order valence-electron chi connectivity index (χ4n) is 2.63. The molecule has 1 fully saturated rings. The minimum absolute atomic E-state index is 0.0775. The summed E-state index contributed by atoms with van der Waals surface area (Å²) >= 11 is 0. The Kier molecular flexibility index (Phi) is 3.52. The van der Waals surface area contributed by atoms with E-state index in [0.29, 0.717) is 12.0 Å². The summed E-state index contributed by atoms with van der Waals surface area (Å²) in [5, 5.41) is 13.5. The van der Waals surface area contributed by atoms with Crippen molar-refractivity contribution in [3.8, 4) is 0 Å². The van der Waals surface area contributed by atoms with Gasteiger partial charge < -0.3 is 16.4 Å². The van der Waals surface area contributed by atoms with E-state index in [2.05, 4.69) is 34.9 Å². The van der Waals surface area contributed by atoms with E-state index in [1.807, 2.05) is 7.05 Å². The molecule has 0 aromatic heterocycles. The molecule has 0 amide bonds. The smallest absolute Gasteiger partial charge is 0.185 e. The second kappa shape index (κ2) is 5.08. The molecule has 1 saturated carbocycles. The third kappa shape index (κ3) is 2.70. The molecule has 0 bridgehead atoms. The zero-order chi connectivity index (χ0) is 12.3. The molecule has 1 aliphatic carbocycles. The van der Waals surface area contributed by atoms with Crippen LogP contribution in [0.5, 0.6) is 0 Å². The number of guanidine groups is 1. The molecule has 1 aromatic rings. The lowest BCUT2D eigenvalue weighted by Gasteiger charge is -2.21. The largest absolute Gasteiger partial charge is 0.388 e. The molecule has 2 unspecified atom stereocenters. The van der Waals surface area contributed by atoms with E-state index in [4.69, 9.17) is 11.1 Å². The van der Waals surface area contributed by atoms with Gasteiger partial charge in [0.05, 0.1) is 0 Å². The van der Waals surface area contributed by atoms with Gasteiger partial charge in [-0.15, -0.1) is 0 Å². The van der Waals surface area contributed by atoms with Crippen LogP contribution in [0.15, 0.2) is 24.3 Å². The predicted octanol–water partition coefficient (Wildman–Crippen LogP) is 1.85. The van der Waals surface area contributed by atoms with Crippen molar-refractivity contribution in [2.45, 2.75) is 31.2 Å². The lowest BCUT2D eigenvalue weighted by Crippen LogP contribution is -2.40. The molecule has 4 heteroatoms. The van der Waals surface area contributed by atoms with E-state index >= 15 is 0 Å². The second-order valence-electron chi connectivity index (χ2n) is 4.57.